The maximum atomic E-state index is 3.78. The molecule has 0 nitrogen and oxygen atoms in total. The first-order valence-corrected chi connectivity index (χ1v) is 6.49. The summed E-state index contributed by atoms with van der Waals surface area (Å²) in [4.78, 5) is 1.26. The third kappa shape index (κ3) is 1.02. The van der Waals surface area contributed by atoms with E-state index >= 15 is 0 Å². The molecule has 1 saturated carbocycles. The monoisotopic (exact) mass is 300 g/mol. The van der Waals surface area contributed by atoms with E-state index in [0.29, 0.717) is 9.65 Å². The summed E-state index contributed by atoms with van der Waals surface area (Å²) in [6.45, 7) is 0. The van der Waals surface area contributed by atoms with Crippen LogP contribution in [0.5, 0.6) is 0 Å². The minimum atomic E-state index is 0.632. The van der Waals surface area contributed by atoms with Gasteiger partial charge in [-0.3, -0.25) is 0 Å². The molecule has 1 aromatic rings. The van der Waals surface area contributed by atoms with Crippen molar-refractivity contribution in [2.24, 2.45) is 0 Å². The van der Waals surface area contributed by atoms with Crippen LogP contribution in [0.25, 0.3) is 0 Å². The van der Waals surface area contributed by atoms with Crippen molar-refractivity contribution >= 4 is 31.9 Å². The maximum absolute atomic E-state index is 3.78. The van der Waals surface area contributed by atoms with Gasteiger partial charge in [-0.05, 0) is 29.4 Å². The SMILES string of the molecule is Br[C@@H]1[C@@H](Br)[C@H]2C[C@@H]1c1ccccc12. The molecule has 1 aromatic carbocycles. The van der Waals surface area contributed by atoms with Crippen LogP contribution >= 0.6 is 31.9 Å². The van der Waals surface area contributed by atoms with Gasteiger partial charge in [-0.2, -0.15) is 0 Å². The number of fused-ring (bicyclic) bond motifs is 5. The van der Waals surface area contributed by atoms with Gasteiger partial charge in [0.05, 0.1) is 0 Å². The average Bonchev–Trinajstić information content (AvgIpc) is 2.66. The Labute approximate surface area is 95.0 Å². The van der Waals surface area contributed by atoms with Crippen molar-refractivity contribution in [2.45, 2.75) is 27.9 Å². The second-order valence-corrected chi connectivity index (χ2v) is 6.08. The van der Waals surface area contributed by atoms with Crippen LogP contribution in [0.15, 0.2) is 24.3 Å². The fraction of sp³-hybridized carbons (Fsp3) is 0.455. The summed E-state index contributed by atoms with van der Waals surface area (Å²) in [5.74, 6) is 1.48. The van der Waals surface area contributed by atoms with Crippen LogP contribution in [0.2, 0.25) is 0 Å². The van der Waals surface area contributed by atoms with Crippen LogP contribution in [0.1, 0.15) is 29.4 Å². The summed E-state index contributed by atoms with van der Waals surface area (Å²) in [6.07, 6.45) is 1.32. The predicted molar refractivity (Wildman–Crippen MR) is 62.0 cm³/mol. The number of benzene rings is 1. The Hall–Kier alpha value is 0.180. The Morgan fingerprint density at radius 3 is 1.85 bits per heavy atom. The minimum Gasteiger partial charge on any atom is -0.0872 e. The van der Waals surface area contributed by atoms with Crippen molar-refractivity contribution in [2.75, 3.05) is 0 Å². The Morgan fingerprint density at radius 2 is 1.38 bits per heavy atom. The van der Waals surface area contributed by atoms with E-state index in [1.54, 1.807) is 11.1 Å². The molecule has 0 spiro atoms. The maximum Gasteiger partial charge on any atom is 0.0345 e. The highest BCUT2D eigenvalue weighted by atomic mass is 79.9. The minimum absolute atomic E-state index is 0.632. The van der Waals surface area contributed by atoms with E-state index < -0.39 is 0 Å². The fourth-order valence-electron chi connectivity index (χ4n) is 2.76. The molecular weight excluding hydrogens is 292 g/mol. The largest absolute Gasteiger partial charge is 0.0872 e. The lowest BCUT2D eigenvalue weighted by Crippen LogP contribution is -2.21. The molecule has 0 aliphatic heterocycles. The molecule has 0 unspecified atom stereocenters. The molecule has 13 heavy (non-hydrogen) atoms. The lowest BCUT2D eigenvalue weighted by molar-refractivity contribution is 0.771. The predicted octanol–water partition coefficient (Wildman–Crippen LogP) is 3.80. The molecule has 1 fully saturated rings. The fourth-order valence-corrected chi connectivity index (χ4v) is 4.50. The van der Waals surface area contributed by atoms with Crippen molar-refractivity contribution in [3.8, 4) is 0 Å². The van der Waals surface area contributed by atoms with Crippen LogP contribution in [0, 0.1) is 0 Å². The summed E-state index contributed by atoms with van der Waals surface area (Å²) in [6, 6.07) is 8.88. The standard InChI is InChI=1S/C11H10Br2/c12-10-8-5-9(11(10)13)7-4-2-1-3-6(7)8/h1-4,8-11H,5H2/t8-,9+,10-,11-/m0/s1. The Morgan fingerprint density at radius 1 is 0.923 bits per heavy atom. The van der Waals surface area contributed by atoms with Crippen molar-refractivity contribution in [1.29, 1.82) is 0 Å². The number of hydrogen-bond donors (Lipinski definition) is 0. The molecule has 0 heterocycles. The molecule has 0 N–H and O–H groups in total. The molecule has 0 aromatic heterocycles. The van der Waals surface area contributed by atoms with Crippen LogP contribution in [-0.4, -0.2) is 9.65 Å². The average molecular weight is 302 g/mol. The molecule has 2 aliphatic carbocycles. The molecule has 68 valence electrons. The zero-order valence-corrected chi connectivity index (χ0v) is 10.3. The molecule has 2 aliphatic rings. The normalized spacial score (nSPS) is 40.8. The highest BCUT2D eigenvalue weighted by molar-refractivity contribution is 9.12. The van der Waals surface area contributed by atoms with Gasteiger partial charge in [0.15, 0.2) is 0 Å². The van der Waals surface area contributed by atoms with Crippen LogP contribution in [0.3, 0.4) is 0 Å². The molecule has 3 rings (SSSR count). The van der Waals surface area contributed by atoms with E-state index in [2.05, 4.69) is 56.1 Å². The van der Waals surface area contributed by atoms with Crippen molar-refractivity contribution in [1.82, 2.24) is 0 Å². The van der Waals surface area contributed by atoms with Gasteiger partial charge in [0.2, 0.25) is 0 Å². The van der Waals surface area contributed by atoms with Crippen molar-refractivity contribution in [3.05, 3.63) is 35.4 Å². The summed E-state index contributed by atoms with van der Waals surface area (Å²) in [7, 11) is 0. The van der Waals surface area contributed by atoms with Crippen molar-refractivity contribution < 1.29 is 0 Å². The number of rotatable bonds is 0. The highest BCUT2D eigenvalue weighted by Crippen LogP contribution is 2.57. The Bertz CT molecular complexity index is 315. The third-order valence-electron chi connectivity index (χ3n) is 3.38. The van der Waals surface area contributed by atoms with E-state index in [-0.39, 0.29) is 0 Å². The smallest absolute Gasteiger partial charge is 0.0345 e. The molecule has 0 radical (unpaired) electrons. The van der Waals surface area contributed by atoms with Gasteiger partial charge in [-0.15, -0.1) is 0 Å². The molecule has 4 atom stereocenters. The van der Waals surface area contributed by atoms with Gasteiger partial charge >= 0.3 is 0 Å². The van der Waals surface area contributed by atoms with E-state index in [9.17, 15) is 0 Å². The quantitative estimate of drug-likeness (QED) is 0.640. The highest BCUT2D eigenvalue weighted by Gasteiger charge is 2.48. The van der Waals surface area contributed by atoms with E-state index in [1.165, 1.54) is 6.42 Å². The first-order chi connectivity index (χ1) is 6.29. The lowest BCUT2D eigenvalue weighted by Gasteiger charge is -2.24. The van der Waals surface area contributed by atoms with Crippen LogP contribution in [-0.2, 0) is 0 Å². The van der Waals surface area contributed by atoms with Crippen molar-refractivity contribution in [3.63, 3.8) is 0 Å². The number of hydrogen-bond acceptors (Lipinski definition) is 0. The zero-order chi connectivity index (χ0) is 9.00. The second-order valence-electron chi connectivity index (χ2n) is 3.97. The Kier molecular flexibility index (Phi) is 1.85. The molecule has 0 saturated heterocycles. The van der Waals surface area contributed by atoms with Gasteiger partial charge in [-0.25, -0.2) is 0 Å². The van der Waals surface area contributed by atoms with E-state index in [4.69, 9.17) is 0 Å². The first-order valence-electron chi connectivity index (χ1n) is 4.66. The summed E-state index contributed by atoms with van der Waals surface area (Å²) in [5, 5.41) is 0. The Balaban J connectivity index is 2.16. The summed E-state index contributed by atoms with van der Waals surface area (Å²) in [5.41, 5.74) is 3.15. The summed E-state index contributed by atoms with van der Waals surface area (Å²) < 4.78 is 0. The third-order valence-corrected chi connectivity index (χ3v) is 6.50. The van der Waals surface area contributed by atoms with Crippen LogP contribution in [0.4, 0.5) is 0 Å². The second kappa shape index (κ2) is 2.83. The lowest BCUT2D eigenvalue weighted by atomic mass is 9.92. The van der Waals surface area contributed by atoms with Gasteiger partial charge in [0.25, 0.3) is 0 Å². The molecular formula is C11H10Br2. The van der Waals surface area contributed by atoms with Gasteiger partial charge in [0.1, 0.15) is 0 Å². The van der Waals surface area contributed by atoms with Gasteiger partial charge < -0.3 is 0 Å². The van der Waals surface area contributed by atoms with E-state index in [0.717, 1.165) is 11.8 Å². The topological polar surface area (TPSA) is 0 Å². The number of halogens is 2. The van der Waals surface area contributed by atoms with Gasteiger partial charge in [-0.1, -0.05) is 56.1 Å². The molecule has 2 bridgehead atoms. The first kappa shape index (κ1) is 8.49. The summed E-state index contributed by atoms with van der Waals surface area (Å²) >= 11 is 7.57. The molecule has 2 heteroatoms. The zero-order valence-electron chi connectivity index (χ0n) is 7.08. The van der Waals surface area contributed by atoms with Crippen LogP contribution < -0.4 is 0 Å². The molecule has 0 amide bonds. The van der Waals surface area contributed by atoms with Gasteiger partial charge in [0, 0.05) is 9.65 Å². The van der Waals surface area contributed by atoms with E-state index in [1.807, 2.05) is 0 Å². The number of alkyl halides is 2.